The molecule has 2 atom stereocenters. The van der Waals surface area contributed by atoms with E-state index in [-0.39, 0.29) is 0 Å². The summed E-state index contributed by atoms with van der Waals surface area (Å²) in [4.78, 5) is 10.7. The highest BCUT2D eigenvalue weighted by Crippen LogP contribution is 2.45. The molecular weight excluding hydrogens is 216 g/mol. The van der Waals surface area contributed by atoms with Crippen molar-refractivity contribution in [2.75, 3.05) is 0 Å². The van der Waals surface area contributed by atoms with Crippen molar-refractivity contribution in [1.29, 1.82) is 0 Å². The molecule has 92 valence electrons. The molecule has 0 spiro atoms. The molecule has 1 aromatic carbocycles. The largest absolute Gasteiger partial charge is 0.547 e. The van der Waals surface area contributed by atoms with Crippen molar-refractivity contribution in [3.63, 3.8) is 0 Å². The van der Waals surface area contributed by atoms with Crippen LogP contribution in [0.2, 0.25) is 0 Å². The van der Waals surface area contributed by atoms with E-state index in [1.807, 2.05) is 24.3 Å². The first-order valence-corrected chi connectivity index (χ1v) is 5.91. The third-order valence-corrected chi connectivity index (χ3v) is 3.19. The number of benzene rings is 1. The van der Waals surface area contributed by atoms with E-state index >= 15 is 0 Å². The molecule has 3 nitrogen and oxygen atoms in total. The number of carbonyl (C=O) groups is 1. The molecule has 1 saturated heterocycles. The van der Waals surface area contributed by atoms with Crippen molar-refractivity contribution in [3.8, 4) is 0 Å². The molecule has 0 aliphatic carbocycles. The molecular formula is C14H17O3-. The second-order valence-corrected chi connectivity index (χ2v) is 5.22. The standard InChI is InChI=1S/C14H18O3/c1-9(2)8-10-4-6-11(7-5-10)14(3)12(17-14)13(15)16/h4-7,9,12H,8H2,1-3H3,(H,15,16)/p-1. The van der Waals surface area contributed by atoms with E-state index in [0.29, 0.717) is 5.92 Å². The van der Waals surface area contributed by atoms with E-state index < -0.39 is 17.7 Å². The van der Waals surface area contributed by atoms with Crippen LogP contribution in [-0.4, -0.2) is 12.1 Å². The number of carboxylic acid groups (broad SMARTS) is 1. The van der Waals surface area contributed by atoms with Crippen LogP contribution in [0.5, 0.6) is 0 Å². The number of rotatable bonds is 4. The molecule has 0 amide bonds. The fourth-order valence-electron chi connectivity index (χ4n) is 2.15. The number of hydrogen-bond acceptors (Lipinski definition) is 3. The second kappa shape index (κ2) is 4.15. The molecule has 0 saturated carbocycles. The topological polar surface area (TPSA) is 52.7 Å². The SMILES string of the molecule is CC(C)Cc1ccc(C2(C)OC2C(=O)[O-])cc1. The predicted molar refractivity (Wildman–Crippen MR) is 62.2 cm³/mol. The Kier molecular flexibility index (Phi) is 2.96. The number of hydrogen-bond donors (Lipinski definition) is 0. The lowest BCUT2D eigenvalue weighted by Crippen LogP contribution is -2.31. The van der Waals surface area contributed by atoms with Crippen molar-refractivity contribution in [3.05, 3.63) is 35.4 Å². The van der Waals surface area contributed by atoms with Crippen LogP contribution in [0.1, 0.15) is 31.9 Å². The van der Waals surface area contributed by atoms with Crippen LogP contribution in [0.15, 0.2) is 24.3 Å². The Hall–Kier alpha value is -1.35. The fourth-order valence-corrected chi connectivity index (χ4v) is 2.15. The van der Waals surface area contributed by atoms with E-state index in [0.717, 1.165) is 12.0 Å². The molecule has 1 heterocycles. The maximum Gasteiger partial charge on any atom is 0.131 e. The minimum absolute atomic E-state index is 0.615. The van der Waals surface area contributed by atoms with Gasteiger partial charge in [-0.2, -0.15) is 0 Å². The fraction of sp³-hybridized carbons (Fsp3) is 0.500. The second-order valence-electron chi connectivity index (χ2n) is 5.22. The van der Waals surface area contributed by atoms with Gasteiger partial charge in [-0.05, 0) is 30.4 Å². The number of carboxylic acids is 1. The first kappa shape index (κ1) is 12.1. The van der Waals surface area contributed by atoms with Gasteiger partial charge < -0.3 is 14.6 Å². The van der Waals surface area contributed by atoms with E-state index in [9.17, 15) is 9.90 Å². The number of ether oxygens (including phenoxy) is 1. The lowest BCUT2D eigenvalue weighted by Gasteiger charge is -2.10. The van der Waals surface area contributed by atoms with Crippen LogP contribution in [-0.2, 0) is 21.6 Å². The smallest absolute Gasteiger partial charge is 0.131 e. The first-order chi connectivity index (χ1) is 7.93. The number of carbonyl (C=O) groups excluding carboxylic acids is 1. The van der Waals surface area contributed by atoms with Crippen molar-refractivity contribution in [1.82, 2.24) is 0 Å². The summed E-state index contributed by atoms with van der Waals surface area (Å²) in [5, 5.41) is 10.7. The van der Waals surface area contributed by atoms with E-state index in [2.05, 4.69) is 13.8 Å². The molecule has 1 aromatic rings. The van der Waals surface area contributed by atoms with Crippen molar-refractivity contribution < 1.29 is 14.6 Å². The van der Waals surface area contributed by atoms with Crippen molar-refractivity contribution >= 4 is 5.97 Å². The van der Waals surface area contributed by atoms with E-state index in [4.69, 9.17) is 4.74 Å². The Morgan fingerprint density at radius 3 is 2.41 bits per heavy atom. The summed E-state index contributed by atoms with van der Waals surface area (Å²) in [6.07, 6.45) is 0.223. The summed E-state index contributed by atoms with van der Waals surface area (Å²) in [5.41, 5.74) is 1.46. The van der Waals surface area contributed by atoms with Gasteiger partial charge in [0.25, 0.3) is 0 Å². The average Bonchev–Trinajstić information content (AvgIpc) is 2.92. The highest BCUT2D eigenvalue weighted by Gasteiger charge is 2.54. The van der Waals surface area contributed by atoms with Crippen LogP contribution in [0.3, 0.4) is 0 Å². The molecule has 2 rings (SSSR count). The van der Waals surface area contributed by atoms with Gasteiger partial charge in [-0.25, -0.2) is 0 Å². The zero-order chi connectivity index (χ0) is 12.6. The maximum atomic E-state index is 10.7. The van der Waals surface area contributed by atoms with Gasteiger partial charge in [0.1, 0.15) is 11.7 Å². The zero-order valence-electron chi connectivity index (χ0n) is 10.4. The van der Waals surface area contributed by atoms with Crippen LogP contribution in [0, 0.1) is 5.92 Å². The third kappa shape index (κ3) is 2.34. The Bertz CT molecular complexity index is 422. The highest BCUT2D eigenvalue weighted by molar-refractivity contribution is 5.75. The lowest BCUT2D eigenvalue weighted by molar-refractivity contribution is -0.307. The summed E-state index contributed by atoms with van der Waals surface area (Å²) in [5.74, 6) is -0.525. The lowest BCUT2D eigenvalue weighted by atomic mass is 9.94. The third-order valence-electron chi connectivity index (χ3n) is 3.19. The zero-order valence-corrected chi connectivity index (χ0v) is 10.4. The van der Waals surface area contributed by atoms with Gasteiger partial charge in [0.2, 0.25) is 0 Å². The average molecular weight is 233 g/mol. The summed E-state index contributed by atoms with van der Waals surface area (Å²) in [6, 6.07) is 7.96. The summed E-state index contributed by atoms with van der Waals surface area (Å²) < 4.78 is 5.21. The van der Waals surface area contributed by atoms with Crippen LogP contribution < -0.4 is 5.11 Å². The monoisotopic (exact) mass is 233 g/mol. The Morgan fingerprint density at radius 2 is 2.00 bits per heavy atom. The molecule has 3 heteroatoms. The molecule has 2 unspecified atom stereocenters. The molecule has 0 bridgehead atoms. The summed E-state index contributed by atoms with van der Waals surface area (Å²) >= 11 is 0. The van der Waals surface area contributed by atoms with Gasteiger partial charge in [0.05, 0.1) is 5.97 Å². The first-order valence-electron chi connectivity index (χ1n) is 5.91. The Balaban J connectivity index is 2.12. The van der Waals surface area contributed by atoms with Crippen molar-refractivity contribution in [2.24, 2.45) is 5.92 Å². The highest BCUT2D eigenvalue weighted by atomic mass is 16.6. The maximum absolute atomic E-state index is 10.7. The number of aliphatic carboxylic acids is 1. The molecule has 1 fully saturated rings. The minimum atomic E-state index is -1.14. The van der Waals surface area contributed by atoms with Crippen molar-refractivity contribution in [2.45, 2.75) is 38.9 Å². The quantitative estimate of drug-likeness (QED) is 0.735. The van der Waals surface area contributed by atoms with Gasteiger partial charge in [0, 0.05) is 0 Å². The molecule has 1 aliphatic heterocycles. The number of epoxide rings is 1. The van der Waals surface area contributed by atoms with E-state index in [1.54, 1.807) is 6.92 Å². The molecule has 17 heavy (non-hydrogen) atoms. The molecule has 0 radical (unpaired) electrons. The Morgan fingerprint density at radius 1 is 1.41 bits per heavy atom. The molecule has 0 aromatic heterocycles. The molecule has 0 N–H and O–H groups in total. The predicted octanol–water partition coefficient (Wildman–Crippen LogP) is 1.25. The van der Waals surface area contributed by atoms with Gasteiger partial charge in [0.15, 0.2) is 0 Å². The minimum Gasteiger partial charge on any atom is -0.547 e. The van der Waals surface area contributed by atoms with Gasteiger partial charge in [-0.15, -0.1) is 0 Å². The van der Waals surface area contributed by atoms with E-state index in [1.165, 1.54) is 5.56 Å². The summed E-state index contributed by atoms with van der Waals surface area (Å²) in [6.45, 7) is 6.13. The molecule has 1 aliphatic rings. The van der Waals surface area contributed by atoms with Gasteiger partial charge in [-0.3, -0.25) is 0 Å². The van der Waals surface area contributed by atoms with Crippen LogP contribution in [0.25, 0.3) is 0 Å². The van der Waals surface area contributed by atoms with Gasteiger partial charge >= 0.3 is 0 Å². The van der Waals surface area contributed by atoms with Crippen LogP contribution >= 0.6 is 0 Å². The Labute approximate surface area is 101 Å². The normalized spacial score (nSPS) is 27.2. The van der Waals surface area contributed by atoms with Gasteiger partial charge in [-0.1, -0.05) is 38.1 Å². The summed E-state index contributed by atoms with van der Waals surface area (Å²) in [7, 11) is 0. The van der Waals surface area contributed by atoms with Crippen LogP contribution in [0.4, 0.5) is 0 Å².